The van der Waals surface area contributed by atoms with E-state index in [1.165, 1.54) is 5.56 Å². The van der Waals surface area contributed by atoms with Crippen molar-refractivity contribution in [2.45, 2.75) is 20.3 Å². The Kier molecular flexibility index (Phi) is 6.59. The molecule has 0 aliphatic heterocycles. The Morgan fingerprint density at radius 3 is 2.75 bits per heavy atom. The summed E-state index contributed by atoms with van der Waals surface area (Å²) in [7, 11) is 1.77. The predicted octanol–water partition coefficient (Wildman–Crippen LogP) is 3.26. The van der Waals surface area contributed by atoms with Crippen molar-refractivity contribution >= 4 is 17.6 Å². The summed E-state index contributed by atoms with van der Waals surface area (Å²) >= 11 is 6.03. The normalized spacial score (nSPS) is 12.1. The van der Waals surface area contributed by atoms with Crippen LogP contribution in [0.2, 0.25) is 5.02 Å². The molecular weight excluding hydrogens is 270 g/mol. The highest BCUT2D eigenvalue weighted by atomic mass is 35.5. The zero-order valence-corrected chi connectivity index (χ0v) is 13.3. The third kappa shape index (κ3) is 6.11. The quantitative estimate of drug-likeness (QED) is 0.480. The summed E-state index contributed by atoms with van der Waals surface area (Å²) < 4.78 is 0. The van der Waals surface area contributed by atoms with Crippen LogP contribution in [0.4, 0.5) is 0 Å². The fraction of sp³-hybridized carbons (Fsp3) is 0.438. The van der Waals surface area contributed by atoms with Crippen LogP contribution in [0.3, 0.4) is 0 Å². The maximum Gasteiger partial charge on any atom is 0.191 e. The summed E-state index contributed by atoms with van der Waals surface area (Å²) in [6, 6.07) is 8.02. The minimum atomic E-state index is 0.108. The Labute approximate surface area is 127 Å². The van der Waals surface area contributed by atoms with Gasteiger partial charge in [0.2, 0.25) is 0 Å². The first-order valence-electron chi connectivity index (χ1n) is 6.77. The molecule has 3 nitrogen and oxygen atoms in total. The molecule has 110 valence electrons. The average Bonchev–Trinajstić information content (AvgIpc) is 2.38. The summed E-state index contributed by atoms with van der Waals surface area (Å²) in [6.07, 6.45) is 2.77. The number of hydrogen-bond acceptors (Lipinski definition) is 1. The van der Waals surface area contributed by atoms with Gasteiger partial charge < -0.3 is 10.6 Å². The molecule has 1 rings (SSSR count). The molecule has 4 heteroatoms. The van der Waals surface area contributed by atoms with E-state index in [-0.39, 0.29) is 5.41 Å². The zero-order valence-electron chi connectivity index (χ0n) is 12.5. The monoisotopic (exact) mass is 293 g/mol. The van der Waals surface area contributed by atoms with Crippen LogP contribution >= 0.6 is 11.6 Å². The fourth-order valence-corrected chi connectivity index (χ4v) is 2.19. The van der Waals surface area contributed by atoms with E-state index in [1.807, 2.05) is 24.3 Å². The van der Waals surface area contributed by atoms with E-state index in [2.05, 4.69) is 42.1 Å². The van der Waals surface area contributed by atoms with Crippen LogP contribution in [-0.4, -0.2) is 26.1 Å². The molecule has 1 aromatic rings. The molecule has 0 saturated heterocycles. The lowest BCUT2D eigenvalue weighted by Gasteiger charge is -2.26. The molecule has 0 saturated carbocycles. The Morgan fingerprint density at radius 1 is 1.40 bits per heavy atom. The molecule has 0 heterocycles. The molecule has 0 bridgehead atoms. The van der Waals surface area contributed by atoms with Gasteiger partial charge >= 0.3 is 0 Å². The Balaban J connectivity index is 2.54. The Bertz CT molecular complexity index is 467. The number of nitrogens with one attached hydrogen (secondary N) is 2. The lowest BCUT2D eigenvalue weighted by atomic mass is 9.86. The highest BCUT2D eigenvalue weighted by molar-refractivity contribution is 6.30. The summed E-state index contributed by atoms with van der Waals surface area (Å²) in [5.41, 5.74) is 1.36. The number of nitrogens with zero attached hydrogens (tertiary/aromatic N) is 1. The first-order chi connectivity index (χ1) is 9.46. The summed E-state index contributed by atoms with van der Waals surface area (Å²) in [5.74, 6) is 0.795. The topological polar surface area (TPSA) is 36.4 Å². The van der Waals surface area contributed by atoms with E-state index < -0.39 is 0 Å². The van der Waals surface area contributed by atoms with Crippen LogP contribution in [0.5, 0.6) is 0 Å². The number of benzene rings is 1. The average molecular weight is 294 g/mol. The van der Waals surface area contributed by atoms with Crippen molar-refractivity contribution in [1.82, 2.24) is 10.6 Å². The van der Waals surface area contributed by atoms with Gasteiger partial charge in [0.05, 0.1) is 0 Å². The largest absolute Gasteiger partial charge is 0.356 e. The van der Waals surface area contributed by atoms with Gasteiger partial charge in [-0.05, 0) is 29.5 Å². The molecule has 2 N–H and O–H groups in total. The highest BCUT2D eigenvalue weighted by Crippen LogP contribution is 2.22. The van der Waals surface area contributed by atoms with Gasteiger partial charge in [-0.1, -0.05) is 43.7 Å². The molecule has 0 amide bonds. The van der Waals surface area contributed by atoms with Gasteiger partial charge in [-0.2, -0.15) is 0 Å². The van der Waals surface area contributed by atoms with Gasteiger partial charge in [0, 0.05) is 25.2 Å². The number of aliphatic imine (C=N–C) groups is 1. The van der Waals surface area contributed by atoms with E-state index in [4.69, 9.17) is 11.6 Å². The van der Waals surface area contributed by atoms with Crippen LogP contribution in [0, 0.1) is 5.41 Å². The molecule has 0 fully saturated rings. The minimum absolute atomic E-state index is 0.108. The van der Waals surface area contributed by atoms with Crippen LogP contribution < -0.4 is 10.6 Å². The second kappa shape index (κ2) is 7.95. The van der Waals surface area contributed by atoms with Gasteiger partial charge in [-0.3, -0.25) is 4.99 Å². The zero-order chi connectivity index (χ0) is 15.0. The van der Waals surface area contributed by atoms with Crippen LogP contribution in [0.1, 0.15) is 19.4 Å². The van der Waals surface area contributed by atoms with Crippen molar-refractivity contribution < 1.29 is 0 Å². The SMILES string of the molecule is C=CCNC(=NC)NCC(C)(C)Cc1cccc(Cl)c1. The summed E-state index contributed by atoms with van der Waals surface area (Å²) in [6.45, 7) is 9.66. The Hall–Kier alpha value is -1.48. The van der Waals surface area contributed by atoms with Crippen molar-refractivity contribution in [3.63, 3.8) is 0 Å². The van der Waals surface area contributed by atoms with Gasteiger partial charge in [0.25, 0.3) is 0 Å². The molecule has 20 heavy (non-hydrogen) atoms. The highest BCUT2D eigenvalue weighted by Gasteiger charge is 2.19. The molecule has 0 radical (unpaired) electrons. The van der Waals surface area contributed by atoms with Crippen molar-refractivity contribution in [1.29, 1.82) is 0 Å². The number of halogens is 1. The smallest absolute Gasteiger partial charge is 0.191 e. The van der Waals surface area contributed by atoms with Gasteiger partial charge in [0.15, 0.2) is 5.96 Å². The molecule has 1 aromatic carbocycles. The first kappa shape index (κ1) is 16.6. The third-order valence-corrected chi connectivity index (χ3v) is 3.18. The van der Waals surface area contributed by atoms with E-state index in [9.17, 15) is 0 Å². The van der Waals surface area contributed by atoms with Crippen LogP contribution in [-0.2, 0) is 6.42 Å². The van der Waals surface area contributed by atoms with E-state index in [0.29, 0.717) is 6.54 Å². The predicted molar refractivity (Wildman–Crippen MR) is 88.5 cm³/mol. The second-order valence-electron chi connectivity index (χ2n) is 5.57. The number of rotatable bonds is 6. The summed E-state index contributed by atoms with van der Waals surface area (Å²) in [4.78, 5) is 4.18. The van der Waals surface area contributed by atoms with Crippen molar-refractivity contribution in [2.24, 2.45) is 10.4 Å². The maximum atomic E-state index is 6.03. The van der Waals surface area contributed by atoms with Crippen molar-refractivity contribution in [2.75, 3.05) is 20.1 Å². The molecule has 0 unspecified atom stereocenters. The standard InChI is InChI=1S/C16H24ClN3/c1-5-9-19-15(18-4)20-12-16(2,3)11-13-7-6-8-14(17)10-13/h5-8,10H,1,9,11-12H2,2-4H3,(H2,18,19,20). The molecule has 0 spiro atoms. The van der Waals surface area contributed by atoms with Gasteiger partial charge in [-0.25, -0.2) is 0 Å². The van der Waals surface area contributed by atoms with Crippen molar-refractivity contribution in [3.05, 3.63) is 47.5 Å². The number of hydrogen-bond donors (Lipinski definition) is 2. The van der Waals surface area contributed by atoms with E-state index >= 15 is 0 Å². The summed E-state index contributed by atoms with van der Waals surface area (Å²) in [5, 5.41) is 7.29. The lowest BCUT2D eigenvalue weighted by molar-refractivity contribution is 0.359. The van der Waals surface area contributed by atoms with Gasteiger partial charge in [-0.15, -0.1) is 6.58 Å². The van der Waals surface area contributed by atoms with Crippen molar-refractivity contribution in [3.8, 4) is 0 Å². The van der Waals surface area contributed by atoms with Crippen LogP contribution in [0.15, 0.2) is 41.9 Å². The molecule has 0 atom stereocenters. The molecule has 0 aromatic heterocycles. The lowest BCUT2D eigenvalue weighted by Crippen LogP contribution is -2.42. The van der Waals surface area contributed by atoms with E-state index in [0.717, 1.165) is 23.9 Å². The van der Waals surface area contributed by atoms with Gasteiger partial charge in [0.1, 0.15) is 0 Å². The van der Waals surface area contributed by atoms with E-state index in [1.54, 1.807) is 7.05 Å². The second-order valence-corrected chi connectivity index (χ2v) is 6.00. The fourth-order valence-electron chi connectivity index (χ4n) is 1.97. The minimum Gasteiger partial charge on any atom is -0.356 e. The molecular formula is C16H24ClN3. The third-order valence-electron chi connectivity index (χ3n) is 2.94. The molecule has 0 aliphatic carbocycles. The first-order valence-corrected chi connectivity index (χ1v) is 7.14. The van der Waals surface area contributed by atoms with Crippen LogP contribution in [0.25, 0.3) is 0 Å². The Morgan fingerprint density at radius 2 is 2.15 bits per heavy atom. The maximum absolute atomic E-state index is 6.03. The molecule has 0 aliphatic rings. The number of guanidine groups is 1.